The molecule has 23 heavy (non-hydrogen) atoms. The minimum absolute atomic E-state index is 0.114. The molecule has 2 unspecified atom stereocenters. The summed E-state index contributed by atoms with van der Waals surface area (Å²) >= 11 is 0. The molecule has 7 heteroatoms. The minimum Gasteiger partial charge on any atom is -0.465 e. The molecule has 1 aromatic carbocycles. The monoisotopic (exact) mass is 340 g/mol. The maximum absolute atomic E-state index is 12.4. The summed E-state index contributed by atoms with van der Waals surface area (Å²) in [6, 6.07) is 6.39. The summed E-state index contributed by atoms with van der Waals surface area (Å²) in [5.74, 6) is -0.318. The number of nitrogens with one attached hydrogen (secondary N) is 2. The van der Waals surface area contributed by atoms with E-state index in [0.29, 0.717) is 17.0 Å². The highest BCUT2D eigenvalue weighted by atomic mass is 32.2. The number of methoxy groups -OCH3 is 1. The van der Waals surface area contributed by atoms with E-state index in [-0.39, 0.29) is 11.8 Å². The third kappa shape index (κ3) is 5.30. The predicted octanol–water partition coefficient (Wildman–Crippen LogP) is 1.28. The molecule has 2 rings (SSSR count). The van der Waals surface area contributed by atoms with Gasteiger partial charge in [-0.15, -0.1) is 0 Å². The Hall–Kier alpha value is -1.44. The largest absolute Gasteiger partial charge is 0.465 e. The Kier molecular flexibility index (Phi) is 6.15. The van der Waals surface area contributed by atoms with Crippen molar-refractivity contribution in [3.63, 3.8) is 0 Å². The molecule has 1 aliphatic rings. The first-order valence-corrected chi connectivity index (χ1v) is 9.44. The third-order valence-corrected chi connectivity index (χ3v) is 5.56. The van der Waals surface area contributed by atoms with E-state index in [1.165, 1.54) is 7.11 Å². The Morgan fingerprint density at radius 2 is 2.26 bits per heavy atom. The average Bonchev–Trinajstić information content (AvgIpc) is 2.54. The number of sulfonamides is 1. The zero-order valence-electron chi connectivity index (χ0n) is 13.5. The van der Waals surface area contributed by atoms with Gasteiger partial charge in [0.1, 0.15) is 0 Å². The van der Waals surface area contributed by atoms with Gasteiger partial charge in [0, 0.05) is 6.04 Å². The van der Waals surface area contributed by atoms with Crippen LogP contribution in [-0.2, 0) is 20.5 Å². The van der Waals surface area contributed by atoms with E-state index in [2.05, 4.69) is 14.8 Å². The lowest BCUT2D eigenvalue weighted by molar-refractivity contribution is 0.0600. The van der Waals surface area contributed by atoms with E-state index in [0.717, 1.165) is 25.9 Å². The summed E-state index contributed by atoms with van der Waals surface area (Å²) in [5, 5.41) is 3.29. The van der Waals surface area contributed by atoms with E-state index in [9.17, 15) is 13.2 Å². The normalized spacial score (nSPS) is 20.0. The highest BCUT2D eigenvalue weighted by Gasteiger charge is 2.24. The van der Waals surface area contributed by atoms with Crippen LogP contribution in [0.25, 0.3) is 0 Å². The summed E-state index contributed by atoms with van der Waals surface area (Å²) in [6.45, 7) is 3.73. The second kappa shape index (κ2) is 7.90. The summed E-state index contributed by atoms with van der Waals surface area (Å²) < 4.78 is 32.1. The molecule has 1 aliphatic heterocycles. The van der Waals surface area contributed by atoms with E-state index in [4.69, 9.17) is 0 Å². The van der Waals surface area contributed by atoms with Crippen molar-refractivity contribution in [3.05, 3.63) is 35.4 Å². The summed E-state index contributed by atoms with van der Waals surface area (Å²) in [5.41, 5.74) is 0.916. The van der Waals surface area contributed by atoms with Crippen LogP contribution in [0.4, 0.5) is 0 Å². The molecule has 1 aromatic rings. The molecular formula is C16H24N2O4S. The summed E-state index contributed by atoms with van der Waals surface area (Å²) in [4.78, 5) is 11.5. The first kappa shape index (κ1) is 17.9. The van der Waals surface area contributed by atoms with Crippen LogP contribution < -0.4 is 10.0 Å². The number of rotatable bonds is 6. The second-order valence-electron chi connectivity index (χ2n) is 5.96. The van der Waals surface area contributed by atoms with Crippen molar-refractivity contribution in [2.24, 2.45) is 5.92 Å². The van der Waals surface area contributed by atoms with E-state index < -0.39 is 16.0 Å². The highest BCUT2D eigenvalue weighted by molar-refractivity contribution is 7.88. The average molecular weight is 340 g/mol. The first-order chi connectivity index (χ1) is 10.9. The van der Waals surface area contributed by atoms with Gasteiger partial charge in [-0.25, -0.2) is 17.9 Å². The highest BCUT2D eigenvalue weighted by Crippen LogP contribution is 2.16. The molecular weight excluding hydrogens is 316 g/mol. The maximum atomic E-state index is 12.4. The van der Waals surface area contributed by atoms with Gasteiger partial charge in [0.15, 0.2) is 0 Å². The fraction of sp³-hybridized carbons (Fsp3) is 0.562. The fourth-order valence-corrected chi connectivity index (χ4v) is 4.31. The number of piperidine rings is 1. The lowest BCUT2D eigenvalue weighted by Crippen LogP contribution is -2.44. The van der Waals surface area contributed by atoms with Gasteiger partial charge in [-0.3, -0.25) is 0 Å². The number of benzene rings is 1. The van der Waals surface area contributed by atoms with Crippen molar-refractivity contribution in [1.82, 2.24) is 10.0 Å². The van der Waals surface area contributed by atoms with Crippen LogP contribution >= 0.6 is 0 Å². The van der Waals surface area contributed by atoms with Crippen LogP contribution in [0.15, 0.2) is 24.3 Å². The summed E-state index contributed by atoms with van der Waals surface area (Å²) in [6.07, 6.45) is 2.09. The smallest absolute Gasteiger partial charge is 0.337 e. The van der Waals surface area contributed by atoms with Crippen LogP contribution in [0.5, 0.6) is 0 Å². The molecule has 0 spiro atoms. The van der Waals surface area contributed by atoms with Gasteiger partial charge in [0.05, 0.1) is 18.4 Å². The van der Waals surface area contributed by atoms with Crippen LogP contribution in [0, 0.1) is 5.92 Å². The quantitative estimate of drug-likeness (QED) is 0.762. The van der Waals surface area contributed by atoms with Gasteiger partial charge in [-0.1, -0.05) is 12.1 Å². The number of esters is 1. The lowest BCUT2D eigenvalue weighted by atomic mass is 9.94. The summed E-state index contributed by atoms with van der Waals surface area (Å²) in [7, 11) is -2.16. The number of carbonyl (C=O) groups excluding carboxylic acids is 1. The van der Waals surface area contributed by atoms with E-state index in [1.54, 1.807) is 24.3 Å². The van der Waals surface area contributed by atoms with Crippen LogP contribution in [0.2, 0.25) is 0 Å². The van der Waals surface area contributed by atoms with Gasteiger partial charge in [0.2, 0.25) is 10.0 Å². The maximum Gasteiger partial charge on any atom is 0.337 e. The molecule has 1 heterocycles. The predicted molar refractivity (Wildman–Crippen MR) is 88.6 cm³/mol. The van der Waals surface area contributed by atoms with E-state index >= 15 is 0 Å². The number of hydrogen-bond acceptors (Lipinski definition) is 5. The third-order valence-electron chi connectivity index (χ3n) is 4.11. The molecule has 0 aromatic heterocycles. The number of hydrogen-bond donors (Lipinski definition) is 2. The molecule has 128 valence electrons. The van der Waals surface area contributed by atoms with Crippen LogP contribution in [0.1, 0.15) is 35.7 Å². The van der Waals surface area contributed by atoms with Crippen molar-refractivity contribution >= 4 is 16.0 Å². The fourth-order valence-electron chi connectivity index (χ4n) is 2.85. The van der Waals surface area contributed by atoms with Gasteiger partial charge in [0.25, 0.3) is 0 Å². The van der Waals surface area contributed by atoms with Gasteiger partial charge in [-0.2, -0.15) is 0 Å². The van der Waals surface area contributed by atoms with Crippen molar-refractivity contribution in [3.8, 4) is 0 Å². The molecule has 0 radical (unpaired) electrons. The van der Waals surface area contributed by atoms with Gasteiger partial charge >= 0.3 is 5.97 Å². The van der Waals surface area contributed by atoms with Crippen molar-refractivity contribution < 1.29 is 17.9 Å². The lowest BCUT2D eigenvalue weighted by Gasteiger charge is -2.28. The Balaban J connectivity index is 2.01. The molecule has 2 atom stereocenters. The Labute approximate surface area is 137 Å². The molecule has 1 saturated heterocycles. The molecule has 6 nitrogen and oxygen atoms in total. The number of ether oxygens (including phenoxy) is 1. The first-order valence-electron chi connectivity index (χ1n) is 7.79. The molecule has 0 amide bonds. The molecule has 0 saturated carbocycles. The minimum atomic E-state index is -3.46. The standard InChI is InChI=1S/C16H24N2O4S/c1-12(15-7-4-8-17-10-15)18-23(20,21)11-13-5-3-6-14(9-13)16(19)22-2/h3,5-6,9,12,15,17-18H,4,7-8,10-11H2,1-2H3. The van der Waals surface area contributed by atoms with E-state index in [1.807, 2.05) is 6.92 Å². The second-order valence-corrected chi connectivity index (χ2v) is 7.72. The van der Waals surface area contributed by atoms with Gasteiger partial charge in [-0.05, 0) is 56.5 Å². The van der Waals surface area contributed by atoms with Crippen molar-refractivity contribution in [1.29, 1.82) is 0 Å². The topological polar surface area (TPSA) is 84.5 Å². The Morgan fingerprint density at radius 3 is 2.91 bits per heavy atom. The molecule has 0 aliphatic carbocycles. The number of carbonyl (C=O) groups is 1. The van der Waals surface area contributed by atoms with Crippen molar-refractivity contribution in [2.75, 3.05) is 20.2 Å². The molecule has 0 bridgehead atoms. The Bertz CT molecular complexity index is 639. The zero-order valence-corrected chi connectivity index (χ0v) is 14.4. The molecule has 2 N–H and O–H groups in total. The van der Waals surface area contributed by atoms with Crippen LogP contribution in [-0.4, -0.2) is 40.6 Å². The molecule has 1 fully saturated rings. The SMILES string of the molecule is COC(=O)c1cccc(CS(=O)(=O)NC(C)C2CCCNC2)c1. The Morgan fingerprint density at radius 1 is 1.48 bits per heavy atom. The van der Waals surface area contributed by atoms with Crippen LogP contribution in [0.3, 0.4) is 0 Å². The zero-order chi connectivity index (χ0) is 16.9. The van der Waals surface area contributed by atoms with Crippen molar-refractivity contribution in [2.45, 2.75) is 31.6 Å². The van der Waals surface area contributed by atoms with Gasteiger partial charge < -0.3 is 10.1 Å².